The molecule has 1 atom stereocenters. The molecule has 0 saturated heterocycles. The lowest BCUT2D eigenvalue weighted by Crippen LogP contribution is -2.55. The van der Waals surface area contributed by atoms with Crippen molar-refractivity contribution < 1.29 is 13.3 Å². The van der Waals surface area contributed by atoms with E-state index in [4.69, 9.17) is 13.3 Å². The first-order valence-electron chi connectivity index (χ1n) is 5.08. The highest BCUT2D eigenvalue weighted by molar-refractivity contribution is 6.90. The molecule has 0 aromatic rings. The van der Waals surface area contributed by atoms with Crippen LogP contribution in [0, 0.1) is 0 Å². The van der Waals surface area contributed by atoms with Crippen molar-refractivity contribution in [1.29, 1.82) is 0 Å². The number of rotatable bonds is 6. The second-order valence-corrected chi connectivity index (χ2v) is 13.9. The van der Waals surface area contributed by atoms with Gasteiger partial charge in [0.2, 0.25) is 0 Å². The fraction of sp³-hybridized carbons (Fsp3) is 1.00. The molecule has 3 nitrogen and oxygen atoms in total. The molecule has 0 aliphatic carbocycles. The Morgan fingerprint density at radius 1 is 1.07 bits per heavy atom. The smallest absolute Gasteiger partial charge is 0.377 e. The van der Waals surface area contributed by atoms with Crippen molar-refractivity contribution in [3.8, 4) is 0 Å². The normalized spacial score (nSPS) is 15.6. The maximum Gasteiger partial charge on any atom is 0.500 e. The van der Waals surface area contributed by atoms with Crippen LogP contribution in [-0.2, 0) is 13.3 Å². The Labute approximate surface area is 90.1 Å². The average Bonchev–Trinajstić information content (AvgIpc) is 2.12. The quantitative estimate of drug-likeness (QED) is 0.663. The molecule has 0 radical (unpaired) electrons. The van der Waals surface area contributed by atoms with Gasteiger partial charge in [-0.3, -0.25) is 0 Å². The van der Waals surface area contributed by atoms with Gasteiger partial charge in [-0.05, 0) is 6.92 Å². The van der Waals surface area contributed by atoms with Crippen LogP contribution in [0.25, 0.3) is 0 Å². The van der Waals surface area contributed by atoms with Crippen LogP contribution in [0.1, 0.15) is 13.8 Å². The van der Waals surface area contributed by atoms with Crippen LogP contribution in [0.2, 0.25) is 24.8 Å². The monoisotopic (exact) mass is 236 g/mol. The highest BCUT2D eigenvalue weighted by Gasteiger charge is 2.50. The molecule has 0 saturated carbocycles. The Balaban J connectivity index is 4.79. The van der Waals surface area contributed by atoms with Gasteiger partial charge in [0.1, 0.15) is 0 Å². The van der Waals surface area contributed by atoms with Crippen molar-refractivity contribution in [2.24, 2.45) is 0 Å². The molecule has 0 aromatic heterocycles. The summed E-state index contributed by atoms with van der Waals surface area (Å²) < 4.78 is 16.8. The van der Waals surface area contributed by atoms with Crippen LogP contribution >= 0.6 is 0 Å². The Morgan fingerprint density at radius 3 is 1.71 bits per heavy atom. The predicted octanol–water partition coefficient (Wildman–Crippen LogP) is 2.52. The van der Waals surface area contributed by atoms with Gasteiger partial charge in [-0.15, -0.1) is 0 Å². The van der Waals surface area contributed by atoms with Gasteiger partial charge in [-0.2, -0.15) is 0 Å². The summed E-state index contributed by atoms with van der Waals surface area (Å²) in [4.78, 5) is 0. The molecule has 1 unspecified atom stereocenters. The first kappa shape index (κ1) is 14.3. The van der Waals surface area contributed by atoms with Gasteiger partial charge in [-0.1, -0.05) is 26.6 Å². The van der Waals surface area contributed by atoms with E-state index in [1.54, 1.807) is 14.2 Å². The fourth-order valence-corrected chi connectivity index (χ4v) is 8.37. The highest BCUT2D eigenvalue weighted by atomic mass is 28.4. The van der Waals surface area contributed by atoms with E-state index in [9.17, 15) is 0 Å². The summed E-state index contributed by atoms with van der Waals surface area (Å²) >= 11 is 0. The van der Waals surface area contributed by atoms with Gasteiger partial charge < -0.3 is 13.3 Å². The third kappa shape index (κ3) is 3.17. The summed E-state index contributed by atoms with van der Waals surface area (Å²) in [6.07, 6.45) is 0. The second kappa shape index (κ2) is 5.41. The first-order valence-corrected chi connectivity index (χ1v) is 10.5. The summed E-state index contributed by atoms with van der Waals surface area (Å²) in [6.45, 7) is 11.8. The van der Waals surface area contributed by atoms with E-state index in [2.05, 4.69) is 26.6 Å². The average molecular weight is 236 g/mol. The Bertz CT molecular complexity index is 164. The van der Waals surface area contributed by atoms with Gasteiger partial charge in [0, 0.05) is 26.0 Å². The molecule has 0 spiro atoms. The van der Waals surface area contributed by atoms with E-state index < -0.39 is 16.9 Å². The zero-order valence-corrected chi connectivity index (χ0v) is 12.5. The van der Waals surface area contributed by atoms with Gasteiger partial charge >= 0.3 is 8.80 Å². The summed E-state index contributed by atoms with van der Waals surface area (Å²) in [5, 5.41) is 0.421. The fourth-order valence-electron chi connectivity index (χ4n) is 1.41. The zero-order valence-electron chi connectivity index (χ0n) is 10.5. The minimum atomic E-state index is -2.42. The van der Waals surface area contributed by atoms with Crippen molar-refractivity contribution in [3.05, 3.63) is 0 Å². The van der Waals surface area contributed by atoms with Crippen LogP contribution in [0.15, 0.2) is 0 Å². The lowest BCUT2D eigenvalue weighted by atomic mass is 10.9. The molecule has 0 rings (SSSR count). The topological polar surface area (TPSA) is 27.7 Å². The molecular weight excluding hydrogens is 212 g/mol. The van der Waals surface area contributed by atoms with Crippen molar-refractivity contribution in [2.45, 2.75) is 38.7 Å². The van der Waals surface area contributed by atoms with Gasteiger partial charge in [0.05, 0.1) is 8.07 Å². The third-order valence-corrected chi connectivity index (χ3v) is 11.9. The molecule has 0 N–H and O–H groups in total. The molecule has 5 heteroatoms. The van der Waals surface area contributed by atoms with Gasteiger partial charge in [0.25, 0.3) is 0 Å². The van der Waals surface area contributed by atoms with Crippen molar-refractivity contribution in [1.82, 2.24) is 0 Å². The largest absolute Gasteiger partial charge is 0.500 e. The molecule has 0 aliphatic rings. The molecule has 0 fully saturated rings. The van der Waals surface area contributed by atoms with Crippen molar-refractivity contribution in [2.75, 3.05) is 20.8 Å². The number of hydrogen-bond acceptors (Lipinski definition) is 3. The predicted molar refractivity (Wildman–Crippen MR) is 64.2 cm³/mol. The van der Waals surface area contributed by atoms with Crippen LogP contribution in [0.5, 0.6) is 0 Å². The van der Waals surface area contributed by atoms with E-state index in [-0.39, 0.29) is 0 Å². The van der Waals surface area contributed by atoms with Crippen molar-refractivity contribution >= 4 is 16.9 Å². The van der Waals surface area contributed by atoms with Crippen LogP contribution in [-0.4, -0.2) is 37.7 Å². The number of hydrogen-bond donors (Lipinski definition) is 0. The maximum atomic E-state index is 5.75. The molecule has 86 valence electrons. The van der Waals surface area contributed by atoms with E-state index >= 15 is 0 Å². The summed E-state index contributed by atoms with van der Waals surface area (Å²) in [5.74, 6) is 0. The van der Waals surface area contributed by atoms with E-state index in [0.29, 0.717) is 11.8 Å². The van der Waals surface area contributed by atoms with Gasteiger partial charge in [-0.25, -0.2) is 0 Å². The Morgan fingerprint density at radius 2 is 1.50 bits per heavy atom. The third-order valence-electron chi connectivity index (χ3n) is 2.74. The Kier molecular flexibility index (Phi) is 5.53. The first-order chi connectivity index (χ1) is 6.34. The second-order valence-electron chi connectivity index (χ2n) is 4.53. The van der Waals surface area contributed by atoms with E-state index in [1.165, 1.54) is 0 Å². The van der Waals surface area contributed by atoms with Gasteiger partial charge in [0.15, 0.2) is 0 Å². The molecule has 0 aliphatic heterocycles. The van der Waals surface area contributed by atoms with E-state index in [0.717, 1.165) is 0 Å². The lowest BCUT2D eigenvalue weighted by Gasteiger charge is -2.37. The molecule has 0 heterocycles. The van der Waals surface area contributed by atoms with Crippen LogP contribution < -0.4 is 0 Å². The summed E-state index contributed by atoms with van der Waals surface area (Å²) in [5.41, 5.74) is 0. The standard InChI is InChI=1S/C9H24O3Si2/c1-8-12-14(10-3,11-4)9(2)13(5,6)7/h9H,8H2,1-7H3. The SMILES string of the molecule is CCO[Si](OC)(OC)C(C)[Si](C)(C)C. The minimum Gasteiger partial charge on any atom is -0.377 e. The lowest BCUT2D eigenvalue weighted by molar-refractivity contribution is 0.101. The summed E-state index contributed by atoms with van der Waals surface area (Å²) in [6, 6.07) is 0. The molecule has 0 amide bonds. The van der Waals surface area contributed by atoms with Crippen LogP contribution in [0.3, 0.4) is 0 Å². The molecule has 0 aromatic carbocycles. The minimum absolute atomic E-state index is 0.421. The molecule has 0 bridgehead atoms. The highest BCUT2D eigenvalue weighted by Crippen LogP contribution is 2.32. The zero-order chi connectivity index (χ0) is 11.4. The molecular formula is C9H24O3Si2. The Hall–Kier alpha value is 0.314. The maximum absolute atomic E-state index is 5.75. The van der Waals surface area contributed by atoms with Crippen molar-refractivity contribution in [3.63, 3.8) is 0 Å². The molecule has 14 heavy (non-hydrogen) atoms. The summed E-state index contributed by atoms with van der Waals surface area (Å²) in [7, 11) is -0.316. The van der Waals surface area contributed by atoms with Crippen LogP contribution in [0.4, 0.5) is 0 Å². The van der Waals surface area contributed by atoms with E-state index in [1.807, 2.05) is 6.92 Å².